The van der Waals surface area contributed by atoms with Gasteiger partial charge in [-0.2, -0.15) is 0 Å². The Kier molecular flexibility index (Phi) is 4.22. The number of nitrogens with one attached hydrogen (secondary N) is 2. The first-order valence-electron chi connectivity index (χ1n) is 9.39. The zero-order chi connectivity index (χ0) is 16.6. The van der Waals surface area contributed by atoms with Gasteiger partial charge in [0.2, 0.25) is 5.96 Å². The summed E-state index contributed by atoms with van der Waals surface area (Å²) >= 11 is 0. The van der Waals surface area contributed by atoms with E-state index in [1.807, 2.05) is 0 Å². The molecule has 5 heteroatoms. The van der Waals surface area contributed by atoms with Crippen LogP contribution in [-0.2, 0) is 12.1 Å². The van der Waals surface area contributed by atoms with Gasteiger partial charge in [-0.15, -0.1) is 0 Å². The van der Waals surface area contributed by atoms with Crippen molar-refractivity contribution in [3.63, 3.8) is 0 Å². The van der Waals surface area contributed by atoms with Crippen LogP contribution in [0.5, 0.6) is 0 Å². The van der Waals surface area contributed by atoms with Crippen LogP contribution in [-0.4, -0.2) is 55.5 Å². The Balaban J connectivity index is 1.72. The standard InChI is InChI=1S/C19H29N5/c1-3-10-20-19-9-5-7-15-6-4-8-16(17(15)19)21-18(22-19)24-13-11-23(2)12-14-24/h4,6,8,20H,3,5,7,9-14H2,1-2H3,(H,21,22). The van der Waals surface area contributed by atoms with Crippen LogP contribution >= 0.6 is 0 Å². The predicted octanol–water partition coefficient (Wildman–Crippen LogP) is 2.20. The van der Waals surface area contributed by atoms with Crippen LogP contribution in [0.1, 0.15) is 37.3 Å². The third-order valence-corrected chi connectivity index (χ3v) is 5.56. The van der Waals surface area contributed by atoms with Crippen LogP contribution in [0.15, 0.2) is 23.2 Å². The summed E-state index contributed by atoms with van der Waals surface area (Å²) in [5.74, 6) is 1.05. The predicted molar refractivity (Wildman–Crippen MR) is 99.5 cm³/mol. The molecule has 2 N–H and O–H groups in total. The van der Waals surface area contributed by atoms with Gasteiger partial charge in [-0.05, 0) is 50.9 Å². The van der Waals surface area contributed by atoms with E-state index in [0.29, 0.717) is 0 Å². The molecule has 24 heavy (non-hydrogen) atoms. The largest absolute Gasteiger partial charge is 0.340 e. The van der Waals surface area contributed by atoms with E-state index in [9.17, 15) is 0 Å². The average Bonchev–Trinajstić information content (AvgIpc) is 2.61. The average molecular weight is 327 g/mol. The molecule has 1 fully saturated rings. The van der Waals surface area contributed by atoms with Gasteiger partial charge in [0, 0.05) is 37.4 Å². The minimum atomic E-state index is -0.232. The summed E-state index contributed by atoms with van der Waals surface area (Å²) in [6.07, 6.45) is 4.59. The Morgan fingerprint density at radius 3 is 2.88 bits per heavy atom. The van der Waals surface area contributed by atoms with Crippen LogP contribution in [0.3, 0.4) is 0 Å². The molecule has 4 rings (SSSR count). The van der Waals surface area contributed by atoms with Gasteiger partial charge in [-0.1, -0.05) is 19.1 Å². The van der Waals surface area contributed by atoms with E-state index in [1.165, 1.54) is 29.7 Å². The number of nitrogens with zero attached hydrogens (tertiary/aromatic N) is 3. The first kappa shape index (κ1) is 15.9. The van der Waals surface area contributed by atoms with Crippen LogP contribution in [0.25, 0.3) is 0 Å². The van der Waals surface area contributed by atoms with Gasteiger partial charge in [0.25, 0.3) is 0 Å². The number of hydrogen-bond donors (Lipinski definition) is 2. The van der Waals surface area contributed by atoms with Gasteiger partial charge in [0.15, 0.2) is 0 Å². The summed E-state index contributed by atoms with van der Waals surface area (Å²) in [6, 6.07) is 6.68. The van der Waals surface area contributed by atoms with Gasteiger partial charge in [-0.25, -0.2) is 4.99 Å². The van der Waals surface area contributed by atoms with Crippen LogP contribution in [0, 0.1) is 0 Å². The van der Waals surface area contributed by atoms with E-state index < -0.39 is 0 Å². The SMILES string of the molecule is CCCNC12CCCc3cccc(c31)NC(N1CCN(C)CC1)=N2. The van der Waals surface area contributed by atoms with Gasteiger partial charge >= 0.3 is 0 Å². The maximum Gasteiger partial charge on any atom is 0.200 e. The number of piperazine rings is 1. The highest BCUT2D eigenvalue weighted by molar-refractivity contribution is 5.97. The second kappa shape index (κ2) is 6.37. The molecule has 2 aliphatic heterocycles. The molecule has 1 saturated heterocycles. The number of guanidine groups is 1. The second-order valence-electron chi connectivity index (χ2n) is 7.33. The minimum Gasteiger partial charge on any atom is -0.340 e. The number of hydrogen-bond acceptors (Lipinski definition) is 5. The van der Waals surface area contributed by atoms with Crippen LogP contribution < -0.4 is 10.6 Å². The minimum absolute atomic E-state index is 0.232. The van der Waals surface area contributed by atoms with Gasteiger partial charge < -0.3 is 15.1 Å². The number of aliphatic imine (C=N–C) groups is 1. The summed E-state index contributed by atoms with van der Waals surface area (Å²) in [5, 5.41) is 7.44. The van der Waals surface area contributed by atoms with Gasteiger partial charge in [-0.3, -0.25) is 5.32 Å². The molecule has 5 nitrogen and oxygen atoms in total. The fraction of sp³-hybridized carbons (Fsp3) is 0.632. The summed E-state index contributed by atoms with van der Waals surface area (Å²) in [5.41, 5.74) is 3.86. The monoisotopic (exact) mass is 327 g/mol. The van der Waals surface area contributed by atoms with Crippen molar-refractivity contribution in [3.8, 4) is 0 Å². The molecule has 1 aliphatic carbocycles. The maximum atomic E-state index is 5.27. The quantitative estimate of drug-likeness (QED) is 0.893. The van der Waals surface area contributed by atoms with Crippen molar-refractivity contribution in [1.29, 1.82) is 0 Å². The lowest BCUT2D eigenvalue weighted by Crippen LogP contribution is -2.54. The maximum absolute atomic E-state index is 5.27. The summed E-state index contributed by atoms with van der Waals surface area (Å²) in [4.78, 5) is 10.1. The molecule has 0 spiro atoms. The summed E-state index contributed by atoms with van der Waals surface area (Å²) in [7, 11) is 2.19. The van der Waals surface area contributed by atoms with Crippen LogP contribution in [0.4, 0.5) is 5.69 Å². The third kappa shape index (κ3) is 2.70. The number of anilines is 1. The van der Waals surface area contributed by atoms with E-state index in [1.54, 1.807) is 0 Å². The molecule has 3 aliphatic rings. The zero-order valence-corrected chi connectivity index (χ0v) is 14.9. The van der Waals surface area contributed by atoms with Crippen molar-refractivity contribution in [2.75, 3.05) is 45.1 Å². The lowest BCUT2D eigenvalue weighted by Gasteiger charge is -2.44. The number of likely N-dealkylation sites (N-methyl/N-ethyl adjacent to an activating group) is 1. The van der Waals surface area contributed by atoms with Crippen molar-refractivity contribution < 1.29 is 0 Å². The molecule has 1 unspecified atom stereocenters. The van der Waals surface area contributed by atoms with Crippen molar-refractivity contribution in [3.05, 3.63) is 29.3 Å². The number of benzene rings is 1. The van der Waals surface area contributed by atoms with E-state index in [4.69, 9.17) is 4.99 Å². The molecule has 0 saturated carbocycles. The van der Waals surface area contributed by atoms with Crippen molar-refractivity contribution in [1.82, 2.24) is 15.1 Å². The fourth-order valence-corrected chi connectivity index (χ4v) is 4.22. The van der Waals surface area contributed by atoms with E-state index in [-0.39, 0.29) is 5.66 Å². The fourth-order valence-electron chi connectivity index (χ4n) is 4.22. The first-order valence-corrected chi connectivity index (χ1v) is 9.39. The highest BCUT2D eigenvalue weighted by Gasteiger charge is 2.41. The highest BCUT2D eigenvalue weighted by Crippen LogP contribution is 2.43. The normalized spacial score (nSPS) is 26.6. The first-order chi connectivity index (χ1) is 11.7. The molecule has 0 aromatic heterocycles. The summed E-state index contributed by atoms with van der Waals surface area (Å²) in [6.45, 7) is 7.52. The topological polar surface area (TPSA) is 42.9 Å². The summed E-state index contributed by atoms with van der Waals surface area (Å²) < 4.78 is 0. The van der Waals surface area contributed by atoms with Crippen molar-refractivity contribution >= 4 is 11.6 Å². The molecule has 2 heterocycles. The van der Waals surface area contributed by atoms with Gasteiger partial charge in [0.05, 0.1) is 0 Å². The zero-order valence-electron chi connectivity index (χ0n) is 14.9. The lowest BCUT2D eigenvalue weighted by molar-refractivity contribution is 0.209. The molecule has 0 bridgehead atoms. The Morgan fingerprint density at radius 1 is 1.25 bits per heavy atom. The molecule has 0 amide bonds. The Hall–Kier alpha value is -1.59. The third-order valence-electron chi connectivity index (χ3n) is 5.56. The molecular weight excluding hydrogens is 298 g/mol. The van der Waals surface area contributed by atoms with E-state index >= 15 is 0 Å². The number of rotatable bonds is 3. The molecular formula is C19H29N5. The highest BCUT2D eigenvalue weighted by atomic mass is 15.4. The molecule has 1 aromatic rings. The lowest BCUT2D eigenvalue weighted by atomic mass is 9.80. The van der Waals surface area contributed by atoms with Crippen molar-refractivity contribution in [2.45, 2.75) is 38.3 Å². The smallest absolute Gasteiger partial charge is 0.200 e. The van der Waals surface area contributed by atoms with Crippen molar-refractivity contribution in [2.24, 2.45) is 4.99 Å². The molecule has 1 aromatic carbocycles. The van der Waals surface area contributed by atoms with E-state index in [2.05, 4.69) is 52.6 Å². The molecule has 130 valence electrons. The second-order valence-corrected chi connectivity index (χ2v) is 7.33. The van der Waals surface area contributed by atoms with E-state index in [0.717, 1.165) is 51.5 Å². The molecule has 1 atom stereocenters. The molecule has 0 radical (unpaired) electrons. The Morgan fingerprint density at radius 2 is 2.08 bits per heavy atom. The Bertz CT molecular complexity index is 633. The van der Waals surface area contributed by atoms with Crippen LogP contribution in [0.2, 0.25) is 0 Å². The van der Waals surface area contributed by atoms with Gasteiger partial charge in [0.1, 0.15) is 5.66 Å². The number of aryl methyl sites for hydroxylation is 1. The Labute approximate surface area is 145 Å².